The van der Waals surface area contributed by atoms with Crippen molar-refractivity contribution in [3.63, 3.8) is 0 Å². The third-order valence-corrected chi connectivity index (χ3v) is 2.38. The lowest BCUT2D eigenvalue weighted by molar-refractivity contribution is 0.571. The molecule has 0 saturated carbocycles. The molecule has 74 valence electrons. The molecule has 0 aliphatic rings. The highest BCUT2D eigenvalue weighted by atomic mass is 79.9. The first-order valence-electron chi connectivity index (χ1n) is 3.84. The van der Waals surface area contributed by atoms with E-state index in [-0.39, 0.29) is 4.47 Å². The maximum atomic E-state index is 13.0. The smallest absolute Gasteiger partial charge is 0.141 e. The SMILES string of the molecule is Fc1cc(C#CCCCl)cc(F)c1Br. The molecule has 1 aromatic rings. The van der Waals surface area contributed by atoms with E-state index in [2.05, 4.69) is 27.8 Å². The summed E-state index contributed by atoms with van der Waals surface area (Å²) in [6.07, 6.45) is 0.501. The van der Waals surface area contributed by atoms with E-state index < -0.39 is 11.6 Å². The highest BCUT2D eigenvalue weighted by Crippen LogP contribution is 2.20. The first-order valence-corrected chi connectivity index (χ1v) is 5.17. The minimum atomic E-state index is -0.653. The third kappa shape index (κ3) is 2.97. The summed E-state index contributed by atoms with van der Waals surface area (Å²) >= 11 is 8.17. The van der Waals surface area contributed by atoms with E-state index in [4.69, 9.17) is 11.6 Å². The lowest BCUT2D eigenvalue weighted by Gasteiger charge is -1.97. The fourth-order valence-corrected chi connectivity index (χ4v) is 1.16. The Morgan fingerprint density at radius 2 is 1.86 bits per heavy atom. The monoisotopic (exact) mass is 278 g/mol. The van der Waals surface area contributed by atoms with Crippen LogP contribution in [0.5, 0.6) is 0 Å². The molecule has 0 nitrogen and oxygen atoms in total. The number of rotatable bonds is 1. The zero-order chi connectivity index (χ0) is 10.6. The van der Waals surface area contributed by atoms with Crippen molar-refractivity contribution in [2.24, 2.45) is 0 Å². The molecule has 0 bridgehead atoms. The topological polar surface area (TPSA) is 0 Å². The second-order valence-electron chi connectivity index (χ2n) is 2.49. The summed E-state index contributed by atoms with van der Waals surface area (Å²) in [5.74, 6) is 4.42. The second kappa shape index (κ2) is 5.33. The highest BCUT2D eigenvalue weighted by Gasteiger charge is 2.06. The van der Waals surface area contributed by atoms with E-state index in [1.807, 2.05) is 0 Å². The number of alkyl halides is 1. The summed E-state index contributed by atoms with van der Waals surface area (Å²) in [4.78, 5) is 0. The Morgan fingerprint density at radius 1 is 1.29 bits per heavy atom. The first-order chi connectivity index (χ1) is 6.65. The molecule has 0 saturated heterocycles. The zero-order valence-corrected chi connectivity index (χ0v) is 9.42. The molecule has 0 amide bonds. The van der Waals surface area contributed by atoms with Crippen molar-refractivity contribution in [1.29, 1.82) is 0 Å². The maximum Gasteiger partial charge on any atom is 0.141 e. The van der Waals surface area contributed by atoms with Gasteiger partial charge >= 0.3 is 0 Å². The lowest BCUT2D eigenvalue weighted by Crippen LogP contribution is -1.86. The standard InChI is InChI=1S/C10H6BrClF2/c11-10-8(13)5-7(6-9(10)14)3-1-2-4-12/h5-6H,2,4H2. The number of halogens is 4. The Balaban J connectivity index is 2.97. The van der Waals surface area contributed by atoms with Gasteiger partial charge in [-0.25, -0.2) is 8.78 Å². The summed E-state index contributed by atoms with van der Waals surface area (Å²) in [6.45, 7) is 0. The van der Waals surface area contributed by atoms with Crippen molar-refractivity contribution in [3.05, 3.63) is 33.8 Å². The molecule has 0 atom stereocenters. The van der Waals surface area contributed by atoms with Crippen LogP contribution in [-0.2, 0) is 0 Å². The molecule has 0 spiro atoms. The molecule has 0 aliphatic carbocycles. The summed E-state index contributed by atoms with van der Waals surface area (Å²) in [7, 11) is 0. The van der Waals surface area contributed by atoms with Gasteiger partial charge in [-0.2, -0.15) is 0 Å². The summed E-state index contributed by atoms with van der Waals surface area (Å²) in [5.41, 5.74) is 0.313. The Kier molecular flexibility index (Phi) is 4.37. The molecule has 0 unspecified atom stereocenters. The predicted molar refractivity (Wildman–Crippen MR) is 56.3 cm³/mol. The van der Waals surface area contributed by atoms with Crippen LogP contribution in [-0.4, -0.2) is 5.88 Å². The molecule has 1 rings (SSSR count). The minimum Gasteiger partial charge on any atom is -0.206 e. The Bertz CT molecular complexity index is 370. The molecular weight excluding hydrogens is 273 g/mol. The normalized spacial score (nSPS) is 9.43. The summed E-state index contributed by atoms with van der Waals surface area (Å²) < 4.78 is 25.8. The molecule has 0 aromatic heterocycles. The summed E-state index contributed by atoms with van der Waals surface area (Å²) in [5, 5.41) is 0. The minimum absolute atomic E-state index is 0.166. The lowest BCUT2D eigenvalue weighted by atomic mass is 10.2. The van der Waals surface area contributed by atoms with Crippen LogP contribution in [0.4, 0.5) is 8.78 Å². The van der Waals surface area contributed by atoms with Crippen LogP contribution in [0.2, 0.25) is 0 Å². The van der Waals surface area contributed by atoms with Gasteiger partial charge in [0.1, 0.15) is 11.6 Å². The van der Waals surface area contributed by atoms with Crippen molar-refractivity contribution in [1.82, 2.24) is 0 Å². The van der Waals surface area contributed by atoms with E-state index >= 15 is 0 Å². The molecule has 0 aliphatic heterocycles. The van der Waals surface area contributed by atoms with Gasteiger partial charge in [-0.05, 0) is 28.1 Å². The van der Waals surface area contributed by atoms with Gasteiger partial charge in [0, 0.05) is 17.9 Å². The Hall–Kier alpha value is -0.590. The number of hydrogen-bond acceptors (Lipinski definition) is 0. The van der Waals surface area contributed by atoms with Gasteiger partial charge in [0.2, 0.25) is 0 Å². The summed E-state index contributed by atoms with van der Waals surface area (Å²) in [6, 6.07) is 2.35. The molecule has 0 N–H and O–H groups in total. The third-order valence-electron chi connectivity index (χ3n) is 1.44. The van der Waals surface area contributed by atoms with Crippen molar-refractivity contribution < 1.29 is 8.78 Å². The van der Waals surface area contributed by atoms with Crippen LogP contribution in [0.15, 0.2) is 16.6 Å². The predicted octanol–water partition coefficient (Wildman–Crippen LogP) is 3.71. The maximum absolute atomic E-state index is 13.0. The molecule has 0 heterocycles. The van der Waals surface area contributed by atoms with Crippen LogP contribution >= 0.6 is 27.5 Å². The van der Waals surface area contributed by atoms with E-state index in [0.717, 1.165) is 0 Å². The number of hydrogen-bond donors (Lipinski definition) is 0. The van der Waals surface area contributed by atoms with Gasteiger partial charge in [0.15, 0.2) is 0 Å². The van der Waals surface area contributed by atoms with E-state index in [0.29, 0.717) is 17.9 Å². The van der Waals surface area contributed by atoms with E-state index in [1.54, 1.807) is 0 Å². The van der Waals surface area contributed by atoms with Gasteiger partial charge in [-0.1, -0.05) is 11.8 Å². The van der Waals surface area contributed by atoms with Gasteiger partial charge in [0.05, 0.1) is 4.47 Å². The van der Waals surface area contributed by atoms with Crippen molar-refractivity contribution in [2.75, 3.05) is 5.88 Å². The molecule has 4 heteroatoms. The molecule has 0 radical (unpaired) electrons. The van der Waals surface area contributed by atoms with Crippen LogP contribution in [0.3, 0.4) is 0 Å². The molecular formula is C10H6BrClF2. The van der Waals surface area contributed by atoms with Crippen LogP contribution < -0.4 is 0 Å². The van der Waals surface area contributed by atoms with Crippen LogP contribution in [0.1, 0.15) is 12.0 Å². The Morgan fingerprint density at radius 3 is 2.36 bits per heavy atom. The first kappa shape index (κ1) is 11.5. The average molecular weight is 280 g/mol. The number of benzene rings is 1. The van der Waals surface area contributed by atoms with Gasteiger partial charge in [-0.3, -0.25) is 0 Å². The van der Waals surface area contributed by atoms with Crippen molar-refractivity contribution in [2.45, 2.75) is 6.42 Å². The van der Waals surface area contributed by atoms with E-state index in [1.165, 1.54) is 12.1 Å². The van der Waals surface area contributed by atoms with E-state index in [9.17, 15) is 8.78 Å². The fraction of sp³-hybridized carbons (Fsp3) is 0.200. The van der Waals surface area contributed by atoms with Gasteiger partial charge < -0.3 is 0 Å². The zero-order valence-electron chi connectivity index (χ0n) is 7.08. The van der Waals surface area contributed by atoms with Crippen LogP contribution in [0.25, 0.3) is 0 Å². The van der Waals surface area contributed by atoms with Crippen LogP contribution in [0, 0.1) is 23.5 Å². The van der Waals surface area contributed by atoms with Gasteiger partial charge in [0.25, 0.3) is 0 Å². The fourth-order valence-electron chi connectivity index (χ4n) is 0.839. The Labute approximate surface area is 94.4 Å². The van der Waals surface area contributed by atoms with Gasteiger partial charge in [-0.15, -0.1) is 11.6 Å². The molecule has 0 fully saturated rings. The quantitative estimate of drug-likeness (QED) is 0.418. The second-order valence-corrected chi connectivity index (χ2v) is 3.67. The largest absolute Gasteiger partial charge is 0.206 e. The van der Waals surface area contributed by atoms with Crippen molar-refractivity contribution >= 4 is 27.5 Å². The molecule has 14 heavy (non-hydrogen) atoms. The highest BCUT2D eigenvalue weighted by molar-refractivity contribution is 9.10. The average Bonchev–Trinajstić information content (AvgIpc) is 2.14. The molecule has 1 aromatic carbocycles. The van der Waals surface area contributed by atoms with Crippen molar-refractivity contribution in [3.8, 4) is 11.8 Å².